The summed E-state index contributed by atoms with van der Waals surface area (Å²) in [5, 5.41) is 7.19. The predicted molar refractivity (Wildman–Crippen MR) is 91.2 cm³/mol. The third-order valence-electron chi connectivity index (χ3n) is 3.64. The number of carbonyl (C=O) groups excluding carboxylic acids is 1. The van der Waals surface area contributed by atoms with Crippen LogP contribution in [0.3, 0.4) is 0 Å². The first kappa shape index (κ1) is 16.9. The summed E-state index contributed by atoms with van der Waals surface area (Å²) in [5.41, 5.74) is 2.48. The van der Waals surface area contributed by atoms with Crippen LogP contribution in [0, 0.1) is 6.92 Å². The maximum Gasteiger partial charge on any atom is 0.267 e. The molecular weight excluding hydrogens is 290 g/mol. The first-order chi connectivity index (χ1) is 11.0. The van der Waals surface area contributed by atoms with Gasteiger partial charge in [0, 0.05) is 17.7 Å². The van der Waals surface area contributed by atoms with Gasteiger partial charge in [0.15, 0.2) is 0 Å². The van der Waals surface area contributed by atoms with E-state index in [2.05, 4.69) is 17.3 Å². The molecule has 0 aliphatic carbocycles. The number of amides is 1. The van der Waals surface area contributed by atoms with Crippen molar-refractivity contribution in [1.82, 2.24) is 15.1 Å². The minimum atomic E-state index is -0.279. The lowest BCUT2D eigenvalue weighted by Gasteiger charge is -2.13. The molecule has 1 aromatic carbocycles. The van der Waals surface area contributed by atoms with E-state index >= 15 is 0 Å². The topological polar surface area (TPSA) is 64.0 Å². The minimum Gasteiger partial charge on any atom is -0.352 e. The Hall–Kier alpha value is -2.43. The summed E-state index contributed by atoms with van der Waals surface area (Å²) >= 11 is 0. The average molecular weight is 313 g/mol. The molecule has 0 aliphatic rings. The number of benzene rings is 1. The number of nitrogens with one attached hydrogen (secondary N) is 1. The highest BCUT2D eigenvalue weighted by atomic mass is 16.2. The quantitative estimate of drug-likeness (QED) is 0.891. The van der Waals surface area contributed by atoms with Gasteiger partial charge < -0.3 is 5.32 Å². The van der Waals surface area contributed by atoms with E-state index in [-0.39, 0.29) is 24.1 Å². The second-order valence-corrected chi connectivity index (χ2v) is 5.84. The van der Waals surface area contributed by atoms with Gasteiger partial charge in [-0.3, -0.25) is 9.59 Å². The fourth-order valence-electron chi connectivity index (χ4n) is 2.40. The second-order valence-electron chi connectivity index (χ2n) is 5.84. The van der Waals surface area contributed by atoms with E-state index in [1.54, 1.807) is 6.07 Å². The van der Waals surface area contributed by atoms with Gasteiger partial charge in [-0.15, -0.1) is 0 Å². The molecule has 1 aromatic heterocycles. The first-order valence-electron chi connectivity index (χ1n) is 7.94. The summed E-state index contributed by atoms with van der Waals surface area (Å²) in [7, 11) is 0. The summed E-state index contributed by atoms with van der Waals surface area (Å²) in [6.07, 6.45) is 1.92. The highest BCUT2D eigenvalue weighted by Gasteiger charge is 2.10. The largest absolute Gasteiger partial charge is 0.352 e. The molecule has 1 unspecified atom stereocenters. The molecule has 1 N–H and O–H groups in total. The maximum absolute atomic E-state index is 12.0. The van der Waals surface area contributed by atoms with Crippen molar-refractivity contribution in [1.29, 1.82) is 0 Å². The van der Waals surface area contributed by atoms with E-state index in [9.17, 15) is 9.59 Å². The van der Waals surface area contributed by atoms with Crippen molar-refractivity contribution in [3.8, 4) is 11.3 Å². The van der Waals surface area contributed by atoms with E-state index in [0.29, 0.717) is 5.69 Å². The molecule has 1 atom stereocenters. The van der Waals surface area contributed by atoms with Crippen LogP contribution < -0.4 is 10.9 Å². The van der Waals surface area contributed by atoms with Crippen LogP contribution in [-0.4, -0.2) is 21.7 Å². The number of aromatic nitrogens is 2. The molecule has 0 fully saturated rings. The average Bonchev–Trinajstić information content (AvgIpc) is 2.50. The molecule has 122 valence electrons. The molecule has 23 heavy (non-hydrogen) atoms. The van der Waals surface area contributed by atoms with Crippen LogP contribution >= 0.6 is 0 Å². The minimum absolute atomic E-state index is 0.0629. The van der Waals surface area contributed by atoms with Crippen molar-refractivity contribution >= 4 is 5.91 Å². The van der Waals surface area contributed by atoms with Gasteiger partial charge in [-0.2, -0.15) is 5.10 Å². The number of hydrogen-bond donors (Lipinski definition) is 1. The van der Waals surface area contributed by atoms with Crippen LogP contribution in [0.5, 0.6) is 0 Å². The normalized spacial score (nSPS) is 12.0. The molecule has 0 bridgehead atoms. The molecule has 0 saturated carbocycles. The zero-order chi connectivity index (χ0) is 16.8. The Bertz CT molecular complexity index is 720. The third-order valence-corrected chi connectivity index (χ3v) is 3.64. The summed E-state index contributed by atoms with van der Waals surface area (Å²) < 4.78 is 1.21. The Labute approximate surface area is 136 Å². The molecule has 1 amide bonds. The molecule has 5 heteroatoms. The summed E-state index contributed by atoms with van der Waals surface area (Å²) in [4.78, 5) is 24.0. The van der Waals surface area contributed by atoms with E-state index in [4.69, 9.17) is 0 Å². The zero-order valence-electron chi connectivity index (χ0n) is 13.9. The Balaban J connectivity index is 2.16. The van der Waals surface area contributed by atoms with Crippen molar-refractivity contribution < 1.29 is 4.79 Å². The van der Waals surface area contributed by atoms with E-state index < -0.39 is 0 Å². The van der Waals surface area contributed by atoms with Crippen LogP contribution in [0.25, 0.3) is 11.3 Å². The highest BCUT2D eigenvalue weighted by molar-refractivity contribution is 5.76. The van der Waals surface area contributed by atoms with Gasteiger partial charge in [0.1, 0.15) is 6.54 Å². The lowest BCUT2D eigenvalue weighted by molar-refractivity contribution is -0.122. The van der Waals surface area contributed by atoms with E-state index in [0.717, 1.165) is 24.0 Å². The number of nitrogens with zero attached hydrogens (tertiary/aromatic N) is 2. The number of rotatable bonds is 6. The molecule has 2 rings (SSSR count). The van der Waals surface area contributed by atoms with Crippen molar-refractivity contribution in [3.05, 3.63) is 52.3 Å². The van der Waals surface area contributed by atoms with Crippen molar-refractivity contribution in [2.75, 3.05) is 0 Å². The number of aryl methyl sites for hydroxylation is 1. The SMILES string of the molecule is CCCC(C)NC(=O)Cn1nc(-c2ccc(C)cc2)ccc1=O. The van der Waals surface area contributed by atoms with Gasteiger partial charge in [-0.25, -0.2) is 4.68 Å². The summed E-state index contributed by atoms with van der Waals surface area (Å²) in [6, 6.07) is 11.1. The van der Waals surface area contributed by atoms with Crippen LogP contribution in [0.15, 0.2) is 41.2 Å². The van der Waals surface area contributed by atoms with Crippen molar-refractivity contribution in [3.63, 3.8) is 0 Å². The Kier molecular flexibility index (Phi) is 5.68. The van der Waals surface area contributed by atoms with Crippen LogP contribution in [0.1, 0.15) is 32.3 Å². The molecule has 0 aliphatic heterocycles. The summed E-state index contributed by atoms with van der Waals surface area (Å²) in [6.45, 7) is 5.98. The third kappa shape index (κ3) is 4.77. The van der Waals surface area contributed by atoms with Gasteiger partial charge >= 0.3 is 0 Å². The molecule has 5 nitrogen and oxygen atoms in total. The molecule has 0 saturated heterocycles. The number of carbonyl (C=O) groups is 1. The monoisotopic (exact) mass is 313 g/mol. The van der Waals surface area contributed by atoms with Crippen molar-refractivity contribution in [2.24, 2.45) is 0 Å². The van der Waals surface area contributed by atoms with Crippen LogP contribution in [-0.2, 0) is 11.3 Å². The summed E-state index contributed by atoms with van der Waals surface area (Å²) in [5.74, 6) is -0.193. The molecule has 0 radical (unpaired) electrons. The highest BCUT2D eigenvalue weighted by Crippen LogP contribution is 2.15. The zero-order valence-corrected chi connectivity index (χ0v) is 13.9. The fraction of sp³-hybridized carbons (Fsp3) is 0.389. The van der Waals surface area contributed by atoms with Crippen molar-refractivity contribution in [2.45, 2.75) is 46.2 Å². The molecule has 0 spiro atoms. The lowest BCUT2D eigenvalue weighted by Crippen LogP contribution is -2.38. The van der Waals surface area contributed by atoms with Gasteiger partial charge in [-0.1, -0.05) is 43.2 Å². The van der Waals surface area contributed by atoms with Crippen LogP contribution in [0.4, 0.5) is 0 Å². The Morgan fingerprint density at radius 3 is 2.57 bits per heavy atom. The standard InChI is InChI=1S/C18H23N3O2/c1-4-5-14(3)19-17(22)12-21-18(23)11-10-16(20-21)15-8-6-13(2)7-9-15/h6-11,14H,4-5,12H2,1-3H3,(H,19,22). The van der Waals surface area contributed by atoms with Gasteiger partial charge in [0.25, 0.3) is 5.56 Å². The molecule has 2 aromatic rings. The first-order valence-corrected chi connectivity index (χ1v) is 7.94. The smallest absolute Gasteiger partial charge is 0.267 e. The van der Waals surface area contributed by atoms with E-state index in [1.165, 1.54) is 10.7 Å². The predicted octanol–water partition coefficient (Wildman–Crippen LogP) is 2.52. The Morgan fingerprint density at radius 2 is 1.91 bits per heavy atom. The number of hydrogen-bond acceptors (Lipinski definition) is 3. The molecular formula is C18H23N3O2. The van der Waals surface area contributed by atoms with Gasteiger partial charge in [-0.05, 0) is 26.3 Å². The maximum atomic E-state index is 12.0. The van der Waals surface area contributed by atoms with Gasteiger partial charge in [0.2, 0.25) is 5.91 Å². The lowest BCUT2D eigenvalue weighted by atomic mass is 10.1. The second kappa shape index (κ2) is 7.72. The fourth-order valence-corrected chi connectivity index (χ4v) is 2.40. The van der Waals surface area contributed by atoms with Gasteiger partial charge in [0.05, 0.1) is 5.69 Å². The Morgan fingerprint density at radius 1 is 1.22 bits per heavy atom. The van der Waals surface area contributed by atoms with Crippen LogP contribution in [0.2, 0.25) is 0 Å². The molecule has 1 heterocycles. The van der Waals surface area contributed by atoms with E-state index in [1.807, 2.05) is 38.1 Å².